The Morgan fingerprint density at radius 1 is 1.44 bits per heavy atom. The standard InChI is InChI=1S/C12H16ClNO2/c1-4-5-10(14)8-6-9(13)12(16-3)11(7-8)15-2/h4,6-7,10H,1,5,14H2,2-3H3. The molecule has 1 atom stereocenters. The van der Waals surface area contributed by atoms with Crippen LogP contribution >= 0.6 is 11.6 Å². The maximum atomic E-state index is 6.07. The van der Waals surface area contributed by atoms with E-state index in [4.69, 9.17) is 26.8 Å². The molecule has 0 fully saturated rings. The summed E-state index contributed by atoms with van der Waals surface area (Å²) in [5.41, 5.74) is 6.87. The normalized spacial score (nSPS) is 12.0. The largest absolute Gasteiger partial charge is 0.493 e. The van der Waals surface area contributed by atoms with Crippen LogP contribution in [-0.4, -0.2) is 14.2 Å². The maximum Gasteiger partial charge on any atom is 0.179 e. The van der Waals surface area contributed by atoms with Crippen molar-refractivity contribution in [2.24, 2.45) is 5.73 Å². The summed E-state index contributed by atoms with van der Waals surface area (Å²) < 4.78 is 10.3. The molecule has 1 aromatic rings. The first kappa shape index (κ1) is 12.9. The zero-order chi connectivity index (χ0) is 12.1. The van der Waals surface area contributed by atoms with Crippen molar-refractivity contribution in [1.82, 2.24) is 0 Å². The van der Waals surface area contributed by atoms with Crippen LogP contribution in [0.1, 0.15) is 18.0 Å². The number of nitrogens with two attached hydrogens (primary N) is 1. The number of halogens is 1. The van der Waals surface area contributed by atoms with E-state index in [1.165, 1.54) is 0 Å². The van der Waals surface area contributed by atoms with Crippen molar-refractivity contribution in [1.29, 1.82) is 0 Å². The van der Waals surface area contributed by atoms with Crippen LogP contribution in [0.15, 0.2) is 24.8 Å². The predicted octanol–water partition coefficient (Wildman–Crippen LogP) is 2.93. The smallest absolute Gasteiger partial charge is 0.179 e. The Morgan fingerprint density at radius 2 is 2.12 bits per heavy atom. The molecule has 4 heteroatoms. The van der Waals surface area contributed by atoms with Gasteiger partial charge in [0.25, 0.3) is 0 Å². The molecule has 2 N–H and O–H groups in total. The summed E-state index contributed by atoms with van der Waals surface area (Å²) >= 11 is 6.07. The number of ether oxygens (including phenoxy) is 2. The van der Waals surface area contributed by atoms with Gasteiger partial charge in [0.05, 0.1) is 19.2 Å². The lowest BCUT2D eigenvalue weighted by Crippen LogP contribution is -2.09. The van der Waals surface area contributed by atoms with Crippen molar-refractivity contribution in [3.63, 3.8) is 0 Å². The number of hydrogen-bond donors (Lipinski definition) is 1. The van der Waals surface area contributed by atoms with Crippen LogP contribution in [0, 0.1) is 0 Å². The monoisotopic (exact) mass is 241 g/mol. The van der Waals surface area contributed by atoms with Crippen LogP contribution in [0.2, 0.25) is 5.02 Å². The van der Waals surface area contributed by atoms with Crippen molar-refractivity contribution in [2.75, 3.05) is 14.2 Å². The topological polar surface area (TPSA) is 44.5 Å². The van der Waals surface area contributed by atoms with Crippen LogP contribution in [0.5, 0.6) is 11.5 Å². The average molecular weight is 242 g/mol. The zero-order valence-electron chi connectivity index (χ0n) is 9.50. The maximum absolute atomic E-state index is 6.07. The molecule has 0 saturated heterocycles. The fraction of sp³-hybridized carbons (Fsp3) is 0.333. The van der Waals surface area contributed by atoms with Gasteiger partial charge < -0.3 is 15.2 Å². The summed E-state index contributed by atoms with van der Waals surface area (Å²) in [6.07, 6.45) is 2.46. The minimum Gasteiger partial charge on any atom is -0.493 e. The van der Waals surface area contributed by atoms with Crippen LogP contribution in [0.3, 0.4) is 0 Å². The fourth-order valence-corrected chi connectivity index (χ4v) is 1.76. The molecule has 0 heterocycles. The molecule has 0 aromatic heterocycles. The second kappa shape index (κ2) is 5.77. The average Bonchev–Trinajstić information content (AvgIpc) is 2.28. The first-order valence-corrected chi connectivity index (χ1v) is 5.29. The summed E-state index contributed by atoms with van der Waals surface area (Å²) in [6.45, 7) is 3.66. The van der Waals surface area contributed by atoms with Crippen molar-refractivity contribution in [2.45, 2.75) is 12.5 Å². The van der Waals surface area contributed by atoms with E-state index in [0.29, 0.717) is 22.9 Å². The third-order valence-electron chi connectivity index (χ3n) is 2.30. The summed E-state index contributed by atoms with van der Waals surface area (Å²) in [5.74, 6) is 1.11. The minimum atomic E-state index is -0.130. The van der Waals surface area contributed by atoms with E-state index >= 15 is 0 Å². The molecule has 1 aromatic carbocycles. The molecule has 1 rings (SSSR count). The SMILES string of the molecule is C=CCC(N)c1cc(Cl)c(OC)c(OC)c1. The highest BCUT2D eigenvalue weighted by Crippen LogP contribution is 2.37. The molecule has 0 aliphatic heterocycles. The van der Waals surface area contributed by atoms with E-state index < -0.39 is 0 Å². The molecule has 88 valence electrons. The minimum absolute atomic E-state index is 0.130. The fourth-order valence-electron chi connectivity index (χ4n) is 1.47. The Morgan fingerprint density at radius 3 is 2.62 bits per heavy atom. The lowest BCUT2D eigenvalue weighted by molar-refractivity contribution is 0.354. The number of benzene rings is 1. The van der Waals surface area contributed by atoms with Gasteiger partial charge in [-0.15, -0.1) is 6.58 Å². The molecule has 3 nitrogen and oxygen atoms in total. The number of methoxy groups -OCH3 is 2. The summed E-state index contributed by atoms with van der Waals surface area (Å²) in [4.78, 5) is 0. The molecular formula is C12H16ClNO2. The Hall–Kier alpha value is -1.19. The molecule has 0 bridgehead atoms. The summed E-state index contributed by atoms with van der Waals surface area (Å²) in [5, 5.41) is 0.497. The van der Waals surface area contributed by atoms with Gasteiger partial charge in [0.2, 0.25) is 0 Å². The molecule has 0 amide bonds. The second-order valence-electron chi connectivity index (χ2n) is 3.37. The van der Waals surface area contributed by atoms with Crippen LogP contribution < -0.4 is 15.2 Å². The van der Waals surface area contributed by atoms with Gasteiger partial charge in [0.1, 0.15) is 0 Å². The number of rotatable bonds is 5. The summed E-state index contributed by atoms with van der Waals surface area (Å²) in [7, 11) is 3.12. The van der Waals surface area contributed by atoms with E-state index in [0.717, 1.165) is 5.56 Å². The molecule has 0 saturated carbocycles. The van der Waals surface area contributed by atoms with Gasteiger partial charge in [-0.25, -0.2) is 0 Å². The van der Waals surface area contributed by atoms with Crippen LogP contribution in [-0.2, 0) is 0 Å². The predicted molar refractivity (Wildman–Crippen MR) is 66.3 cm³/mol. The van der Waals surface area contributed by atoms with Gasteiger partial charge >= 0.3 is 0 Å². The Kier molecular flexibility index (Phi) is 4.65. The van der Waals surface area contributed by atoms with E-state index in [1.54, 1.807) is 26.4 Å². The molecule has 1 unspecified atom stereocenters. The third kappa shape index (κ3) is 2.68. The van der Waals surface area contributed by atoms with E-state index in [2.05, 4.69) is 6.58 Å². The van der Waals surface area contributed by atoms with E-state index in [9.17, 15) is 0 Å². The van der Waals surface area contributed by atoms with Gasteiger partial charge in [-0.05, 0) is 24.1 Å². The lowest BCUT2D eigenvalue weighted by Gasteiger charge is -2.15. The van der Waals surface area contributed by atoms with Crippen molar-refractivity contribution < 1.29 is 9.47 Å². The molecule has 16 heavy (non-hydrogen) atoms. The van der Waals surface area contributed by atoms with Crippen LogP contribution in [0.25, 0.3) is 0 Å². The molecule has 0 aliphatic rings. The van der Waals surface area contributed by atoms with Crippen molar-refractivity contribution >= 4 is 11.6 Å². The van der Waals surface area contributed by atoms with Crippen molar-refractivity contribution in [3.05, 3.63) is 35.4 Å². The highest BCUT2D eigenvalue weighted by Gasteiger charge is 2.13. The van der Waals surface area contributed by atoms with Gasteiger partial charge in [0.15, 0.2) is 11.5 Å². The quantitative estimate of drug-likeness (QED) is 0.807. The lowest BCUT2D eigenvalue weighted by atomic mass is 10.0. The molecular weight excluding hydrogens is 226 g/mol. The first-order chi connectivity index (χ1) is 7.63. The van der Waals surface area contributed by atoms with Gasteiger partial charge in [-0.1, -0.05) is 17.7 Å². The van der Waals surface area contributed by atoms with Gasteiger partial charge in [-0.2, -0.15) is 0 Å². The van der Waals surface area contributed by atoms with Gasteiger partial charge in [-0.3, -0.25) is 0 Å². The highest BCUT2D eigenvalue weighted by molar-refractivity contribution is 6.32. The first-order valence-electron chi connectivity index (χ1n) is 4.92. The summed E-state index contributed by atoms with van der Waals surface area (Å²) in [6, 6.07) is 3.49. The van der Waals surface area contributed by atoms with E-state index in [-0.39, 0.29) is 6.04 Å². The second-order valence-corrected chi connectivity index (χ2v) is 3.78. The van der Waals surface area contributed by atoms with Crippen LogP contribution in [0.4, 0.5) is 0 Å². The Balaban J connectivity index is 3.14. The van der Waals surface area contributed by atoms with Crippen molar-refractivity contribution in [3.8, 4) is 11.5 Å². The highest BCUT2D eigenvalue weighted by atomic mass is 35.5. The Bertz CT molecular complexity index is 380. The van der Waals surface area contributed by atoms with Gasteiger partial charge in [0, 0.05) is 6.04 Å². The zero-order valence-corrected chi connectivity index (χ0v) is 10.3. The number of hydrogen-bond acceptors (Lipinski definition) is 3. The third-order valence-corrected chi connectivity index (χ3v) is 2.59. The molecule has 0 radical (unpaired) electrons. The molecule has 0 aliphatic carbocycles. The van der Waals surface area contributed by atoms with E-state index in [1.807, 2.05) is 6.07 Å². The molecule has 0 spiro atoms. The Labute approximate surface area is 101 Å².